The predicted molar refractivity (Wildman–Crippen MR) is 116 cm³/mol. The van der Waals surface area contributed by atoms with Crippen molar-refractivity contribution in [2.24, 2.45) is 0 Å². The largest absolute Gasteiger partial charge is 0.356 e. The Labute approximate surface area is 176 Å². The van der Waals surface area contributed by atoms with E-state index < -0.39 is 0 Å². The van der Waals surface area contributed by atoms with Crippen molar-refractivity contribution in [2.45, 2.75) is 44.9 Å². The number of pyridine rings is 1. The molecule has 0 aliphatic carbocycles. The van der Waals surface area contributed by atoms with E-state index >= 15 is 0 Å². The second kappa shape index (κ2) is 9.12. The van der Waals surface area contributed by atoms with Crippen LogP contribution in [-0.4, -0.2) is 46.4 Å². The number of amides is 1. The lowest BCUT2D eigenvalue weighted by molar-refractivity contribution is -0.127. The van der Waals surface area contributed by atoms with Crippen molar-refractivity contribution in [3.8, 4) is 6.07 Å². The van der Waals surface area contributed by atoms with Crippen LogP contribution in [0.15, 0.2) is 34.8 Å². The molecular formula is C23H27N5O2. The highest BCUT2D eigenvalue weighted by Crippen LogP contribution is 2.23. The zero-order valence-electron chi connectivity index (χ0n) is 17.2. The molecule has 2 aliphatic heterocycles. The number of likely N-dealkylation sites (tertiary alicyclic amines) is 1. The Bertz CT molecular complexity index is 1050. The third-order valence-electron chi connectivity index (χ3n) is 5.94. The van der Waals surface area contributed by atoms with Crippen LogP contribution in [0.4, 0.5) is 5.82 Å². The third kappa shape index (κ3) is 4.09. The molecule has 2 aromatic rings. The minimum atomic E-state index is -0.295. The summed E-state index contributed by atoms with van der Waals surface area (Å²) in [6.45, 7) is 2.95. The molecule has 0 saturated carbocycles. The average Bonchev–Trinajstić information content (AvgIpc) is 3.08. The van der Waals surface area contributed by atoms with Crippen LogP contribution in [0, 0.1) is 11.3 Å². The second-order valence-corrected chi connectivity index (χ2v) is 8.01. The van der Waals surface area contributed by atoms with Crippen LogP contribution in [0.25, 0.3) is 11.7 Å². The number of aromatic nitrogens is 2. The van der Waals surface area contributed by atoms with Gasteiger partial charge in [0.15, 0.2) is 0 Å². The van der Waals surface area contributed by atoms with Gasteiger partial charge in [-0.3, -0.25) is 14.0 Å². The summed E-state index contributed by atoms with van der Waals surface area (Å²) in [5, 5.41) is 9.73. The summed E-state index contributed by atoms with van der Waals surface area (Å²) in [5.74, 6) is 0.281. The summed E-state index contributed by atoms with van der Waals surface area (Å²) in [4.78, 5) is 34.9. The number of hydrogen-bond acceptors (Lipinski definition) is 5. The molecule has 2 aliphatic rings. The minimum absolute atomic E-state index is 0.00255. The molecule has 7 heteroatoms. The standard InChI is InChI=1S/C23H27N5O2/c24-17-18(22(29)27-13-7-3-8-14-27)16-19-21(26-11-5-1-2-6-12-26)25-20-10-4-9-15-28(20)23(19)30/h4,9-10,15-16H,1-3,5-8,11-14H2/b18-16+. The molecule has 0 spiro atoms. The highest BCUT2D eigenvalue weighted by Gasteiger charge is 2.23. The molecule has 2 aromatic heterocycles. The van der Waals surface area contributed by atoms with E-state index in [1.54, 1.807) is 23.2 Å². The molecule has 2 saturated heterocycles. The lowest BCUT2D eigenvalue weighted by Gasteiger charge is -2.26. The number of fused-ring (bicyclic) bond motifs is 1. The maximum absolute atomic E-state index is 13.3. The van der Waals surface area contributed by atoms with Crippen LogP contribution in [0.3, 0.4) is 0 Å². The van der Waals surface area contributed by atoms with E-state index in [0.717, 1.165) is 58.0 Å². The molecule has 7 nitrogen and oxygen atoms in total. The zero-order chi connectivity index (χ0) is 20.9. The maximum Gasteiger partial charge on any atom is 0.267 e. The molecule has 2 fully saturated rings. The van der Waals surface area contributed by atoms with Gasteiger partial charge < -0.3 is 9.80 Å². The number of nitrogens with zero attached hydrogens (tertiary/aromatic N) is 5. The third-order valence-corrected chi connectivity index (χ3v) is 5.94. The maximum atomic E-state index is 13.3. The molecule has 156 valence electrons. The van der Waals surface area contributed by atoms with Gasteiger partial charge in [0.25, 0.3) is 11.5 Å². The second-order valence-electron chi connectivity index (χ2n) is 8.01. The highest BCUT2D eigenvalue weighted by molar-refractivity contribution is 6.02. The van der Waals surface area contributed by atoms with Crippen LogP contribution in [0.5, 0.6) is 0 Å². The van der Waals surface area contributed by atoms with Crippen LogP contribution in [0.1, 0.15) is 50.5 Å². The van der Waals surface area contributed by atoms with Crippen LogP contribution in [-0.2, 0) is 4.79 Å². The van der Waals surface area contributed by atoms with Gasteiger partial charge in [-0.1, -0.05) is 18.9 Å². The van der Waals surface area contributed by atoms with Crippen molar-refractivity contribution in [1.29, 1.82) is 5.26 Å². The van der Waals surface area contributed by atoms with Gasteiger partial charge in [0.2, 0.25) is 0 Å². The summed E-state index contributed by atoms with van der Waals surface area (Å²) >= 11 is 0. The van der Waals surface area contributed by atoms with E-state index in [4.69, 9.17) is 4.98 Å². The van der Waals surface area contributed by atoms with Crippen molar-refractivity contribution in [3.05, 3.63) is 45.9 Å². The fourth-order valence-corrected chi connectivity index (χ4v) is 4.29. The summed E-state index contributed by atoms with van der Waals surface area (Å²) in [7, 11) is 0. The van der Waals surface area contributed by atoms with Crippen molar-refractivity contribution in [1.82, 2.24) is 14.3 Å². The zero-order valence-corrected chi connectivity index (χ0v) is 17.2. The molecule has 0 atom stereocenters. The highest BCUT2D eigenvalue weighted by atomic mass is 16.2. The van der Waals surface area contributed by atoms with E-state index in [1.165, 1.54) is 10.5 Å². The van der Waals surface area contributed by atoms with Crippen molar-refractivity contribution in [3.63, 3.8) is 0 Å². The van der Waals surface area contributed by atoms with Crippen LogP contribution >= 0.6 is 0 Å². The summed E-state index contributed by atoms with van der Waals surface area (Å²) in [6, 6.07) is 7.48. The first-order valence-corrected chi connectivity index (χ1v) is 10.9. The molecule has 0 N–H and O–H groups in total. The van der Waals surface area contributed by atoms with Crippen LogP contribution < -0.4 is 10.5 Å². The Balaban J connectivity index is 1.82. The Hall–Kier alpha value is -3.14. The lowest BCUT2D eigenvalue weighted by Crippen LogP contribution is -2.36. The SMILES string of the molecule is N#C/C(=C\c1c(N2CCCCCC2)nc2ccccn2c1=O)C(=O)N1CCCCC1. The molecule has 4 heterocycles. The van der Waals surface area contributed by atoms with Gasteiger partial charge in [-0.2, -0.15) is 5.26 Å². The van der Waals surface area contributed by atoms with E-state index in [0.29, 0.717) is 30.1 Å². The molecule has 0 radical (unpaired) electrons. The van der Waals surface area contributed by atoms with E-state index in [2.05, 4.69) is 4.90 Å². The Kier molecular flexibility index (Phi) is 6.12. The van der Waals surface area contributed by atoms with Gasteiger partial charge in [0, 0.05) is 32.4 Å². The van der Waals surface area contributed by atoms with Gasteiger partial charge in [0.05, 0.1) is 5.56 Å². The first kappa shape index (κ1) is 20.1. The van der Waals surface area contributed by atoms with Crippen molar-refractivity contribution < 1.29 is 4.79 Å². The van der Waals surface area contributed by atoms with Gasteiger partial charge >= 0.3 is 0 Å². The fraction of sp³-hybridized carbons (Fsp3) is 0.478. The number of nitriles is 1. The van der Waals surface area contributed by atoms with Gasteiger partial charge in [-0.15, -0.1) is 0 Å². The van der Waals surface area contributed by atoms with E-state index in [1.807, 2.05) is 12.1 Å². The molecule has 4 rings (SSSR count). The summed E-state index contributed by atoms with van der Waals surface area (Å²) in [6.07, 6.45) is 10.5. The molecule has 30 heavy (non-hydrogen) atoms. The van der Waals surface area contributed by atoms with Gasteiger partial charge in [0.1, 0.15) is 23.1 Å². The van der Waals surface area contributed by atoms with E-state index in [9.17, 15) is 14.9 Å². The first-order chi connectivity index (χ1) is 14.7. The summed E-state index contributed by atoms with van der Waals surface area (Å²) < 4.78 is 1.48. The minimum Gasteiger partial charge on any atom is -0.356 e. The monoisotopic (exact) mass is 405 g/mol. The molecule has 0 bridgehead atoms. The Morgan fingerprint density at radius 3 is 2.37 bits per heavy atom. The molecular weight excluding hydrogens is 378 g/mol. The number of anilines is 1. The van der Waals surface area contributed by atoms with Crippen molar-refractivity contribution in [2.75, 3.05) is 31.1 Å². The Morgan fingerprint density at radius 1 is 1.00 bits per heavy atom. The lowest BCUT2D eigenvalue weighted by atomic mass is 10.1. The molecule has 1 amide bonds. The Morgan fingerprint density at radius 2 is 1.67 bits per heavy atom. The van der Waals surface area contributed by atoms with E-state index in [-0.39, 0.29) is 17.0 Å². The first-order valence-electron chi connectivity index (χ1n) is 10.9. The molecule has 0 unspecified atom stereocenters. The fourth-order valence-electron chi connectivity index (χ4n) is 4.29. The van der Waals surface area contributed by atoms with Gasteiger partial charge in [-0.25, -0.2) is 4.98 Å². The quantitative estimate of drug-likeness (QED) is 0.579. The number of piperidine rings is 1. The topological polar surface area (TPSA) is 81.7 Å². The smallest absolute Gasteiger partial charge is 0.267 e. The van der Waals surface area contributed by atoms with Crippen LogP contribution in [0.2, 0.25) is 0 Å². The number of hydrogen-bond donors (Lipinski definition) is 0. The number of rotatable bonds is 3. The average molecular weight is 406 g/mol. The molecule has 0 aromatic carbocycles. The van der Waals surface area contributed by atoms with Gasteiger partial charge in [-0.05, 0) is 50.3 Å². The van der Waals surface area contributed by atoms with Crippen molar-refractivity contribution >= 4 is 23.4 Å². The number of carbonyl (C=O) groups excluding carboxylic acids is 1. The predicted octanol–water partition coefficient (Wildman–Crippen LogP) is 2.99. The number of carbonyl (C=O) groups is 1. The summed E-state index contributed by atoms with van der Waals surface area (Å²) in [5.41, 5.74) is 0.643. The normalized spacial score (nSPS) is 18.2.